The number of ether oxygens (including phenoxy) is 1. The molecule has 0 aromatic heterocycles. The van der Waals surface area contributed by atoms with Crippen molar-refractivity contribution in [2.24, 2.45) is 5.73 Å². The maximum Gasteiger partial charge on any atom is 0.408 e. The topological polar surface area (TPSA) is 111 Å². The number of alkyl carbamates (subject to hydrolysis) is 1. The van der Waals surface area contributed by atoms with Gasteiger partial charge in [-0.2, -0.15) is 0 Å². The van der Waals surface area contributed by atoms with E-state index in [1.165, 1.54) is 5.56 Å². The number of aryl methyl sites for hydroxylation is 1. The average molecular weight is 397 g/mol. The molecule has 0 aliphatic carbocycles. The highest BCUT2D eigenvalue weighted by Gasteiger charge is 2.21. The highest BCUT2D eigenvalue weighted by atomic mass is 16.5. The molecule has 2 rings (SSSR count). The van der Waals surface area contributed by atoms with Gasteiger partial charge in [-0.15, -0.1) is 0 Å². The van der Waals surface area contributed by atoms with E-state index in [0.717, 1.165) is 11.1 Å². The molecule has 29 heavy (non-hydrogen) atoms. The molecule has 0 spiro atoms. The third-order valence-electron chi connectivity index (χ3n) is 4.33. The molecule has 1 unspecified atom stereocenters. The van der Waals surface area contributed by atoms with E-state index in [9.17, 15) is 14.4 Å². The number of amides is 3. The Morgan fingerprint density at radius 3 is 2.34 bits per heavy atom. The molecular weight excluding hydrogens is 370 g/mol. The Balaban J connectivity index is 1.84. The standard InChI is InChI=1S/C22H27N3O4/c1-16-7-9-17(10-8-16)13-14-24-21(27)19(11-12-20(23)26)25-22(28)29-15-18-5-3-2-4-6-18/h2-10,19H,11-15H2,1H3,(H2,23,26)(H,24,27)(H,25,28). The lowest BCUT2D eigenvalue weighted by molar-refractivity contribution is -0.123. The highest BCUT2D eigenvalue weighted by molar-refractivity contribution is 5.86. The largest absolute Gasteiger partial charge is 0.445 e. The first kappa shape index (κ1) is 21.9. The Bertz CT molecular complexity index is 807. The Morgan fingerprint density at radius 2 is 1.69 bits per heavy atom. The lowest BCUT2D eigenvalue weighted by Crippen LogP contribution is -2.47. The third-order valence-corrected chi connectivity index (χ3v) is 4.33. The SMILES string of the molecule is Cc1ccc(CCNC(=O)C(CCC(N)=O)NC(=O)OCc2ccccc2)cc1. The van der Waals surface area contributed by atoms with Crippen LogP contribution in [0, 0.1) is 6.92 Å². The minimum absolute atomic E-state index is 0.0188. The number of rotatable bonds is 10. The zero-order chi connectivity index (χ0) is 21.1. The van der Waals surface area contributed by atoms with Gasteiger partial charge in [-0.05, 0) is 30.9 Å². The van der Waals surface area contributed by atoms with Gasteiger partial charge >= 0.3 is 6.09 Å². The van der Waals surface area contributed by atoms with Crippen LogP contribution in [-0.4, -0.2) is 30.5 Å². The van der Waals surface area contributed by atoms with Crippen molar-refractivity contribution in [1.82, 2.24) is 10.6 Å². The van der Waals surface area contributed by atoms with Crippen LogP contribution in [0.15, 0.2) is 54.6 Å². The summed E-state index contributed by atoms with van der Waals surface area (Å²) in [7, 11) is 0. The minimum Gasteiger partial charge on any atom is -0.445 e. The lowest BCUT2D eigenvalue weighted by Gasteiger charge is -2.18. The van der Waals surface area contributed by atoms with E-state index in [1.54, 1.807) is 0 Å². The average Bonchev–Trinajstić information content (AvgIpc) is 2.71. The van der Waals surface area contributed by atoms with Gasteiger partial charge in [-0.3, -0.25) is 9.59 Å². The summed E-state index contributed by atoms with van der Waals surface area (Å²) in [6, 6.07) is 16.3. The van der Waals surface area contributed by atoms with E-state index >= 15 is 0 Å². The molecule has 3 amide bonds. The molecule has 2 aromatic rings. The first-order chi connectivity index (χ1) is 13.9. The fraction of sp³-hybridized carbons (Fsp3) is 0.318. The first-order valence-electron chi connectivity index (χ1n) is 9.53. The van der Waals surface area contributed by atoms with Gasteiger partial charge in [-0.25, -0.2) is 4.79 Å². The molecule has 0 heterocycles. The van der Waals surface area contributed by atoms with Gasteiger partial charge in [-0.1, -0.05) is 60.2 Å². The molecule has 0 bridgehead atoms. The molecule has 0 fully saturated rings. The summed E-state index contributed by atoms with van der Waals surface area (Å²) >= 11 is 0. The molecule has 154 valence electrons. The summed E-state index contributed by atoms with van der Waals surface area (Å²) in [5, 5.41) is 5.30. The van der Waals surface area contributed by atoms with Crippen molar-refractivity contribution in [1.29, 1.82) is 0 Å². The van der Waals surface area contributed by atoms with E-state index in [4.69, 9.17) is 10.5 Å². The summed E-state index contributed by atoms with van der Waals surface area (Å²) in [4.78, 5) is 35.6. The number of hydrogen-bond acceptors (Lipinski definition) is 4. The second kappa shape index (κ2) is 11.5. The predicted octanol–water partition coefficient (Wildman–Crippen LogP) is 2.21. The molecule has 7 nitrogen and oxygen atoms in total. The van der Waals surface area contributed by atoms with Gasteiger partial charge < -0.3 is 21.1 Å². The van der Waals surface area contributed by atoms with Crippen molar-refractivity contribution in [3.8, 4) is 0 Å². The molecule has 4 N–H and O–H groups in total. The molecule has 0 saturated heterocycles. The van der Waals surface area contributed by atoms with Crippen molar-refractivity contribution in [2.45, 2.75) is 38.8 Å². The third kappa shape index (κ3) is 8.47. The van der Waals surface area contributed by atoms with Crippen LogP contribution in [0.25, 0.3) is 0 Å². The highest BCUT2D eigenvalue weighted by Crippen LogP contribution is 2.05. The van der Waals surface area contributed by atoms with Crippen LogP contribution < -0.4 is 16.4 Å². The van der Waals surface area contributed by atoms with Gasteiger partial charge in [0.15, 0.2) is 0 Å². The molecular formula is C22H27N3O4. The smallest absolute Gasteiger partial charge is 0.408 e. The van der Waals surface area contributed by atoms with Gasteiger partial charge in [0, 0.05) is 13.0 Å². The van der Waals surface area contributed by atoms with E-state index in [0.29, 0.717) is 13.0 Å². The Hall–Kier alpha value is -3.35. The molecule has 0 saturated carbocycles. The van der Waals surface area contributed by atoms with Crippen molar-refractivity contribution >= 4 is 17.9 Å². The van der Waals surface area contributed by atoms with Crippen molar-refractivity contribution < 1.29 is 19.1 Å². The summed E-state index contributed by atoms with van der Waals surface area (Å²) < 4.78 is 5.15. The fourth-order valence-electron chi connectivity index (χ4n) is 2.67. The number of benzene rings is 2. The van der Waals surface area contributed by atoms with E-state index in [2.05, 4.69) is 10.6 Å². The number of carbonyl (C=O) groups excluding carboxylic acids is 3. The molecule has 0 aliphatic heterocycles. The maximum absolute atomic E-state index is 12.5. The van der Waals surface area contributed by atoms with E-state index in [-0.39, 0.29) is 25.4 Å². The Morgan fingerprint density at radius 1 is 1.00 bits per heavy atom. The lowest BCUT2D eigenvalue weighted by atomic mass is 10.1. The Labute approximate surface area is 170 Å². The second-order valence-corrected chi connectivity index (χ2v) is 6.79. The zero-order valence-electron chi connectivity index (χ0n) is 16.5. The maximum atomic E-state index is 12.5. The summed E-state index contributed by atoms with van der Waals surface area (Å²) in [5.41, 5.74) is 8.28. The predicted molar refractivity (Wildman–Crippen MR) is 110 cm³/mol. The zero-order valence-corrected chi connectivity index (χ0v) is 16.5. The first-order valence-corrected chi connectivity index (χ1v) is 9.53. The van der Waals surface area contributed by atoms with Crippen molar-refractivity contribution in [3.63, 3.8) is 0 Å². The van der Waals surface area contributed by atoms with Gasteiger partial charge in [0.1, 0.15) is 12.6 Å². The normalized spacial score (nSPS) is 11.3. The number of nitrogens with one attached hydrogen (secondary N) is 2. The van der Waals surface area contributed by atoms with E-state index < -0.39 is 18.0 Å². The number of carbonyl (C=O) groups is 3. The molecule has 0 radical (unpaired) electrons. The van der Waals surface area contributed by atoms with Crippen molar-refractivity contribution in [2.75, 3.05) is 6.54 Å². The number of nitrogens with two attached hydrogens (primary N) is 1. The van der Waals surface area contributed by atoms with Crippen LogP contribution in [0.4, 0.5) is 4.79 Å². The Kier molecular flexibility index (Phi) is 8.69. The van der Waals surface area contributed by atoms with Crippen molar-refractivity contribution in [3.05, 3.63) is 71.3 Å². The van der Waals surface area contributed by atoms with Gasteiger partial charge in [0.2, 0.25) is 11.8 Å². The molecule has 1 atom stereocenters. The van der Waals surface area contributed by atoms with Crippen LogP contribution in [-0.2, 0) is 27.4 Å². The second-order valence-electron chi connectivity index (χ2n) is 6.79. The van der Waals surface area contributed by atoms with Crippen LogP contribution in [0.2, 0.25) is 0 Å². The summed E-state index contributed by atoms with van der Waals surface area (Å²) in [5.74, 6) is -0.920. The minimum atomic E-state index is -0.899. The van der Waals surface area contributed by atoms with Gasteiger partial charge in [0.05, 0.1) is 0 Å². The van der Waals surface area contributed by atoms with Crippen LogP contribution in [0.1, 0.15) is 29.5 Å². The number of primary amides is 1. The summed E-state index contributed by atoms with van der Waals surface area (Å²) in [6.45, 7) is 2.51. The van der Waals surface area contributed by atoms with Crippen LogP contribution >= 0.6 is 0 Å². The molecule has 0 aliphatic rings. The summed E-state index contributed by atoms with van der Waals surface area (Å²) in [6.07, 6.45) is 0.0192. The van der Waals surface area contributed by atoms with Gasteiger partial charge in [0.25, 0.3) is 0 Å². The van der Waals surface area contributed by atoms with E-state index in [1.807, 2.05) is 61.5 Å². The molecule has 2 aromatic carbocycles. The van der Waals surface area contributed by atoms with Crippen LogP contribution in [0.5, 0.6) is 0 Å². The molecule has 7 heteroatoms. The number of hydrogen-bond donors (Lipinski definition) is 3. The fourth-order valence-corrected chi connectivity index (χ4v) is 2.67. The monoisotopic (exact) mass is 397 g/mol. The van der Waals surface area contributed by atoms with Crippen LogP contribution in [0.3, 0.4) is 0 Å². The quantitative estimate of drug-likeness (QED) is 0.571.